The lowest BCUT2D eigenvalue weighted by molar-refractivity contribution is -0.154. The molecule has 8 nitrogen and oxygen atoms in total. The number of nitrogens with two attached hydrogens (primary N) is 1. The number of amides is 2. The van der Waals surface area contributed by atoms with Gasteiger partial charge in [-0.1, -0.05) is 18.3 Å². The van der Waals surface area contributed by atoms with Crippen molar-refractivity contribution >= 4 is 44.3 Å². The van der Waals surface area contributed by atoms with Gasteiger partial charge in [0.25, 0.3) is 5.91 Å². The van der Waals surface area contributed by atoms with Crippen LogP contribution >= 0.6 is 11.3 Å². The first kappa shape index (κ1) is 21.7. The van der Waals surface area contributed by atoms with E-state index in [1.165, 1.54) is 11.3 Å². The highest BCUT2D eigenvalue weighted by atomic mass is 32.1. The number of hydrogen-bond donors (Lipinski definition) is 2. The van der Waals surface area contributed by atoms with E-state index in [9.17, 15) is 14.4 Å². The fourth-order valence-corrected chi connectivity index (χ4v) is 5.38. The average Bonchev–Trinajstić information content (AvgIpc) is 3.30. The van der Waals surface area contributed by atoms with Crippen LogP contribution in [0.1, 0.15) is 49.9 Å². The zero-order valence-corrected chi connectivity index (χ0v) is 18.7. The molecule has 9 heteroatoms. The number of fused-ring (bicyclic) bond motifs is 1. The van der Waals surface area contributed by atoms with E-state index in [4.69, 9.17) is 10.5 Å². The van der Waals surface area contributed by atoms with Crippen molar-refractivity contribution in [1.29, 1.82) is 0 Å². The smallest absolute Gasteiger partial charge is 0.251 e. The zero-order valence-electron chi connectivity index (χ0n) is 17.8. The van der Waals surface area contributed by atoms with E-state index >= 15 is 0 Å². The van der Waals surface area contributed by atoms with Gasteiger partial charge in [0.1, 0.15) is 12.8 Å². The van der Waals surface area contributed by atoms with Crippen LogP contribution in [0.2, 0.25) is 0 Å². The number of ether oxygens (including phenoxy) is 1. The molecule has 1 aliphatic carbocycles. The van der Waals surface area contributed by atoms with Crippen molar-refractivity contribution < 1.29 is 19.1 Å². The molecule has 0 radical (unpaired) electrons. The van der Waals surface area contributed by atoms with Crippen LogP contribution in [0.3, 0.4) is 0 Å². The van der Waals surface area contributed by atoms with Gasteiger partial charge in [-0.25, -0.2) is 4.98 Å². The summed E-state index contributed by atoms with van der Waals surface area (Å²) in [7, 11) is 0. The van der Waals surface area contributed by atoms with Crippen LogP contribution in [-0.2, 0) is 14.3 Å². The van der Waals surface area contributed by atoms with Crippen LogP contribution in [-0.4, -0.2) is 53.4 Å². The Balaban J connectivity index is 1.25. The van der Waals surface area contributed by atoms with Gasteiger partial charge < -0.3 is 20.7 Å². The largest absolute Gasteiger partial charge is 0.375 e. The molecule has 166 valence electrons. The molecule has 0 unspecified atom stereocenters. The maximum atomic E-state index is 12.9. The fourth-order valence-electron chi connectivity index (χ4n) is 4.61. The number of hydrogen-bond acceptors (Lipinski definition) is 7. The SMILES string of the molecule is CCN(C(=O)C1CC(C)(CCNC(=O)c2ccc3nc(N)sc3c2)C1)[C@@H]1CC(=O)CO1. The van der Waals surface area contributed by atoms with Crippen molar-refractivity contribution in [3.8, 4) is 0 Å². The number of anilines is 1. The van der Waals surface area contributed by atoms with Crippen molar-refractivity contribution in [2.75, 3.05) is 25.4 Å². The quantitative estimate of drug-likeness (QED) is 0.678. The molecule has 2 aliphatic rings. The molecule has 1 atom stereocenters. The normalized spacial score (nSPS) is 25.4. The van der Waals surface area contributed by atoms with Gasteiger partial charge in [-0.05, 0) is 49.8 Å². The number of carbonyl (C=O) groups excluding carboxylic acids is 3. The Bertz CT molecular complexity index is 1010. The Hall–Kier alpha value is -2.52. The number of nitrogens with one attached hydrogen (secondary N) is 1. The van der Waals surface area contributed by atoms with E-state index in [0.29, 0.717) is 23.8 Å². The molecule has 1 aromatic carbocycles. The molecule has 3 N–H and O–H groups in total. The predicted octanol–water partition coefficient (Wildman–Crippen LogP) is 2.58. The maximum Gasteiger partial charge on any atom is 0.251 e. The molecule has 4 rings (SSSR count). The second-order valence-corrected chi connectivity index (χ2v) is 9.85. The van der Waals surface area contributed by atoms with Crippen LogP contribution in [0.15, 0.2) is 18.2 Å². The standard InChI is InChI=1S/C22H28N4O4S/c1-3-26(18-9-15(27)12-30-18)20(29)14-10-22(2,11-14)6-7-24-19(28)13-4-5-16-17(8-13)31-21(23)25-16/h4-5,8,14,18H,3,6-7,9-12H2,1-2H3,(H2,23,25)(H,24,28)/t14?,18-,22?/m0/s1. The van der Waals surface area contributed by atoms with E-state index in [-0.39, 0.29) is 42.0 Å². The number of nitrogen functional groups attached to an aromatic ring is 1. The molecule has 2 amide bonds. The van der Waals surface area contributed by atoms with Crippen molar-refractivity contribution in [3.63, 3.8) is 0 Å². The summed E-state index contributed by atoms with van der Waals surface area (Å²) in [6.07, 6.45) is 2.25. The van der Waals surface area contributed by atoms with Crippen LogP contribution in [0.25, 0.3) is 10.2 Å². The van der Waals surface area contributed by atoms with E-state index in [0.717, 1.165) is 29.5 Å². The molecule has 31 heavy (non-hydrogen) atoms. The summed E-state index contributed by atoms with van der Waals surface area (Å²) in [6.45, 7) is 5.25. The molecule has 2 heterocycles. The second-order valence-electron chi connectivity index (χ2n) is 8.79. The first-order chi connectivity index (χ1) is 14.8. The summed E-state index contributed by atoms with van der Waals surface area (Å²) in [5.74, 6) is -0.0481. The molecule has 0 spiro atoms. The summed E-state index contributed by atoms with van der Waals surface area (Å²) in [4.78, 5) is 42.8. The topological polar surface area (TPSA) is 115 Å². The summed E-state index contributed by atoms with van der Waals surface area (Å²) in [5.41, 5.74) is 7.14. The highest BCUT2D eigenvalue weighted by Crippen LogP contribution is 2.48. The third-order valence-electron chi connectivity index (χ3n) is 6.32. The number of rotatable bonds is 7. The number of aromatic nitrogens is 1. The van der Waals surface area contributed by atoms with Gasteiger partial charge in [0, 0.05) is 24.6 Å². The number of ketones is 1. The van der Waals surface area contributed by atoms with E-state index in [1.807, 2.05) is 19.1 Å². The molecule has 2 fully saturated rings. The third-order valence-corrected chi connectivity index (χ3v) is 7.17. The Morgan fingerprint density at radius 1 is 1.39 bits per heavy atom. The molecule has 1 saturated heterocycles. The minimum atomic E-state index is -0.414. The molecule has 2 aromatic rings. The molecule has 1 aromatic heterocycles. The highest BCUT2D eigenvalue weighted by molar-refractivity contribution is 7.22. The van der Waals surface area contributed by atoms with Gasteiger partial charge in [0.2, 0.25) is 5.91 Å². The van der Waals surface area contributed by atoms with Gasteiger partial charge in [-0.2, -0.15) is 0 Å². The lowest BCUT2D eigenvalue weighted by Crippen LogP contribution is -2.50. The van der Waals surface area contributed by atoms with Crippen LogP contribution in [0.5, 0.6) is 0 Å². The second kappa shape index (κ2) is 8.55. The number of benzene rings is 1. The summed E-state index contributed by atoms with van der Waals surface area (Å²) in [6, 6.07) is 5.38. The van der Waals surface area contributed by atoms with Crippen LogP contribution in [0.4, 0.5) is 5.13 Å². The van der Waals surface area contributed by atoms with Crippen molar-refractivity contribution in [3.05, 3.63) is 23.8 Å². The minimum Gasteiger partial charge on any atom is -0.375 e. The summed E-state index contributed by atoms with van der Waals surface area (Å²) >= 11 is 1.36. The Kier molecular flexibility index (Phi) is 5.98. The van der Waals surface area contributed by atoms with Crippen LogP contribution < -0.4 is 11.1 Å². The number of carbonyl (C=O) groups is 3. The third kappa shape index (κ3) is 4.57. The van der Waals surface area contributed by atoms with Gasteiger partial charge >= 0.3 is 0 Å². The van der Waals surface area contributed by atoms with E-state index in [2.05, 4.69) is 17.2 Å². The molecular formula is C22H28N4O4S. The lowest BCUT2D eigenvalue weighted by Gasteiger charge is -2.46. The fraction of sp³-hybridized carbons (Fsp3) is 0.545. The molecular weight excluding hydrogens is 416 g/mol. The first-order valence-electron chi connectivity index (χ1n) is 10.7. The van der Waals surface area contributed by atoms with Gasteiger partial charge in [-0.3, -0.25) is 14.4 Å². The van der Waals surface area contributed by atoms with Gasteiger partial charge in [0.05, 0.1) is 16.6 Å². The van der Waals surface area contributed by atoms with Crippen molar-refractivity contribution in [2.24, 2.45) is 11.3 Å². The van der Waals surface area contributed by atoms with Gasteiger partial charge in [-0.15, -0.1) is 0 Å². The number of nitrogens with zero attached hydrogens (tertiary/aromatic N) is 2. The highest BCUT2D eigenvalue weighted by Gasteiger charge is 2.46. The van der Waals surface area contributed by atoms with Gasteiger partial charge in [0.15, 0.2) is 10.9 Å². The number of thiazole rings is 1. The first-order valence-corrected chi connectivity index (χ1v) is 11.5. The predicted molar refractivity (Wildman–Crippen MR) is 119 cm³/mol. The average molecular weight is 445 g/mol. The van der Waals surface area contributed by atoms with E-state index < -0.39 is 6.23 Å². The van der Waals surface area contributed by atoms with Crippen molar-refractivity contribution in [1.82, 2.24) is 15.2 Å². The van der Waals surface area contributed by atoms with Crippen molar-refractivity contribution in [2.45, 2.75) is 45.8 Å². The monoisotopic (exact) mass is 444 g/mol. The summed E-state index contributed by atoms with van der Waals surface area (Å²) < 4.78 is 6.36. The molecule has 1 aliphatic heterocycles. The van der Waals surface area contributed by atoms with Crippen LogP contribution in [0, 0.1) is 11.3 Å². The Morgan fingerprint density at radius 3 is 2.84 bits per heavy atom. The lowest BCUT2D eigenvalue weighted by atomic mass is 9.61. The zero-order chi connectivity index (χ0) is 22.2. The Labute approximate surface area is 185 Å². The molecule has 1 saturated carbocycles. The number of Topliss-reactive ketones (excluding diaryl/α,β-unsaturated/α-hetero) is 1. The Morgan fingerprint density at radius 2 is 2.16 bits per heavy atom. The molecule has 0 bridgehead atoms. The van der Waals surface area contributed by atoms with E-state index in [1.54, 1.807) is 11.0 Å². The maximum absolute atomic E-state index is 12.9. The summed E-state index contributed by atoms with van der Waals surface area (Å²) in [5, 5.41) is 3.47. The minimum absolute atomic E-state index is 0.0233.